The fourth-order valence-electron chi connectivity index (χ4n) is 2.89. The molecule has 1 amide bonds. The molecule has 0 saturated carbocycles. The quantitative estimate of drug-likeness (QED) is 0.841. The van der Waals surface area contributed by atoms with Crippen molar-refractivity contribution in [3.63, 3.8) is 0 Å². The molecule has 1 aromatic heterocycles. The Bertz CT molecular complexity index is 755. The SMILES string of the molecule is O=C(Nc1ccc(Cl)cc1)C1CCN(c2ccc(C(F)(F)F)cn2)CC1. The summed E-state index contributed by atoms with van der Waals surface area (Å²) in [7, 11) is 0. The number of carbonyl (C=O) groups excluding carboxylic acids is 1. The third-order valence-corrected chi connectivity index (χ3v) is 4.63. The molecule has 1 aliphatic heterocycles. The maximum absolute atomic E-state index is 12.6. The molecule has 0 spiro atoms. The minimum Gasteiger partial charge on any atom is -0.357 e. The van der Waals surface area contributed by atoms with Gasteiger partial charge in [0.2, 0.25) is 5.91 Å². The molecular weight excluding hydrogens is 367 g/mol. The third kappa shape index (κ3) is 4.46. The van der Waals surface area contributed by atoms with Crippen molar-refractivity contribution in [3.8, 4) is 0 Å². The molecule has 0 unspecified atom stereocenters. The van der Waals surface area contributed by atoms with E-state index in [2.05, 4.69) is 10.3 Å². The van der Waals surface area contributed by atoms with Gasteiger partial charge in [0.15, 0.2) is 0 Å². The number of benzene rings is 1. The molecule has 0 atom stereocenters. The van der Waals surface area contributed by atoms with Gasteiger partial charge in [-0.1, -0.05) is 11.6 Å². The third-order valence-electron chi connectivity index (χ3n) is 4.38. The van der Waals surface area contributed by atoms with Gasteiger partial charge >= 0.3 is 6.18 Å². The van der Waals surface area contributed by atoms with Crippen LogP contribution in [0.15, 0.2) is 42.6 Å². The summed E-state index contributed by atoms with van der Waals surface area (Å²) in [5, 5.41) is 3.46. The van der Waals surface area contributed by atoms with E-state index in [1.54, 1.807) is 24.3 Å². The van der Waals surface area contributed by atoms with E-state index in [9.17, 15) is 18.0 Å². The number of pyridine rings is 1. The van der Waals surface area contributed by atoms with Crippen LogP contribution in [0.2, 0.25) is 5.02 Å². The Labute approximate surface area is 154 Å². The highest BCUT2D eigenvalue weighted by molar-refractivity contribution is 6.30. The van der Waals surface area contributed by atoms with Crippen molar-refractivity contribution >= 4 is 29.0 Å². The summed E-state index contributed by atoms with van der Waals surface area (Å²) >= 11 is 5.82. The number of halogens is 4. The molecule has 138 valence electrons. The molecule has 4 nitrogen and oxygen atoms in total. The second-order valence-electron chi connectivity index (χ2n) is 6.16. The molecule has 0 radical (unpaired) electrons. The number of amides is 1. The van der Waals surface area contributed by atoms with E-state index in [-0.39, 0.29) is 11.8 Å². The summed E-state index contributed by atoms with van der Waals surface area (Å²) in [4.78, 5) is 18.2. The molecule has 3 rings (SSSR count). The Morgan fingerprint density at radius 2 is 1.77 bits per heavy atom. The first-order chi connectivity index (χ1) is 12.3. The summed E-state index contributed by atoms with van der Waals surface area (Å²) < 4.78 is 37.8. The zero-order chi connectivity index (χ0) is 18.7. The molecule has 1 aromatic carbocycles. The number of piperidine rings is 1. The topological polar surface area (TPSA) is 45.2 Å². The van der Waals surface area contributed by atoms with E-state index in [1.807, 2.05) is 4.90 Å². The fourth-order valence-corrected chi connectivity index (χ4v) is 3.02. The molecule has 2 aromatic rings. The Hall–Kier alpha value is -2.28. The van der Waals surface area contributed by atoms with Crippen molar-refractivity contribution in [3.05, 3.63) is 53.2 Å². The van der Waals surface area contributed by atoms with Crippen molar-refractivity contribution in [2.45, 2.75) is 19.0 Å². The van der Waals surface area contributed by atoms with E-state index < -0.39 is 11.7 Å². The van der Waals surface area contributed by atoms with E-state index in [0.29, 0.717) is 42.5 Å². The number of alkyl halides is 3. The zero-order valence-electron chi connectivity index (χ0n) is 13.8. The Kier molecular flexibility index (Phi) is 5.36. The van der Waals surface area contributed by atoms with Gasteiger partial charge in [0.25, 0.3) is 0 Å². The highest BCUT2D eigenvalue weighted by atomic mass is 35.5. The van der Waals surface area contributed by atoms with E-state index in [1.165, 1.54) is 6.07 Å². The number of aromatic nitrogens is 1. The van der Waals surface area contributed by atoms with Crippen LogP contribution in [0.3, 0.4) is 0 Å². The Morgan fingerprint density at radius 3 is 2.31 bits per heavy atom. The highest BCUT2D eigenvalue weighted by Crippen LogP contribution is 2.30. The standard InChI is InChI=1S/C18H17ClF3N3O/c19-14-2-4-15(5-3-14)24-17(26)12-7-9-25(10-8-12)16-6-1-13(11-23-16)18(20,21)22/h1-6,11-12H,7-10H2,(H,24,26). The van der Waals surface area contributed by atoms with Crippen molar-refractivity contribution in [1.82, 2.24) is 4.98 Å². The number of hydrogen-bond donors (Lipinski definition) is 1. The first-order valence-corrected chi connectivity index (χ1v) is 8.55. The first kappa shape index (κ1) is 18.5. The molecule has 2 heterocycles. The van der Waals surface area contributed by atoms with Gasteiger partial charge in [-0.05, 0) is 49.2 Å². The number of anilines is 2. The first-order valence-electron chi connectivity index (χ1n) is 8.17. The van der Waals surface area contributed by atoms with Crippen molar-refractivity contribution in [2.75, 3.05) is 23.3 Å². The molecule has 26 heavy (non-hydrogen) atoms. The van der Waals surface area contributed by atoms with Gasteiger partial charge in [0, 0.05) is 35.9 Å². The summed E-state index contributed by atoms with van der Waals surface area (Å²) in [5.41, 5.74) is -0.0790. The van der Waals surface area contributed by atoms with Crippen LogP contribution >= 0.6 is 11.6 Å². The number of hydrogen-bond acceptors (Lipinski definition) is 3. The second-order valence-corrected chi connectivity index (χ2v) is 6.60. The zero-order valence-corrected chi connectivity index (χ0v) is 14.5. The maximum atomic E-state index is 12.6. The molecule has 1 fully saturated rings. The summed E-state index contributed by atoms with van der Waals surface area (Å²) in [5.74, 6) is 0.290. The maximum Gasteiger partial charge on any atom is 0.417 e. The van der Waals surface area contributed by atoms with Gasteiger partial charge in [0.1, 0.15) is 5.82 Å². The predicted molar refractivity (Wildman–Crippen MR) is 94.3 cm³/mol. The molecule has 0 aliphatic carbocycles. The predicted octanol–water partition coefficient (Wildman–Crippen LogP) is 4.61. The van der Waals surface area contributed by atoms with E-state index in [4.69, 9.17) is 11.6 Å². The van der Waals surface area contributed by atoms with Crippen LogP contribution in [0, 0.1) is 5.92 Å². The summed E-state index contributed by atoms with van der Waals surface area (Å²) in [6.07, 6.45) is -2.32. The van der Waals surface area contributed by atoms with Gasteiger partial charge in [-0.3, -0.25) is 4.79 Å². The van der Waals surface area contributed by atoms with Gasteiger partial charge in [-0.25, -0.2) is 4.98 Å². The van der Waals surface area contributed by atoms with Crippen molar-refractivity contribution < 1.29 is 18.0 Å². The number of carbonyl (C=O) groups is 1. The fraction of sp³-hybridized carbons (Fsp3) is 0.333. The minimum atomic E-state index is -4.39. The van der Waals surface area contributed by atoms with Crippen LogP contribution in [0.1, 0.15) is 18.4 Å². The lowest BCUT2D eigenvalue weighted by atomic mass is 9.95. The van der Waals surface area contributed by atoms with Gasteiger partial charge in [-0.2, -0.15) is 13.2 Å². The highest BCUT2D eigenvalue weighted by Gasteiger charge is 2.31. The molecule has 1 aliphatic rings. The lowest BCUT2D eigenvalue weighted by Gasteiger charge is -2.32. The normalized spacial score (nSPS) is 15.8. The molecular formula is C18H17ClF3N3O. The average Bonchev–Trinajstić information content (AvgIpc) is 2.63. The molecule has 0 bridgehead atoms. The van der Waals surface area contributed by atoms with Crippen LogP contribution in [-0.2, 0) is 11.0 Å². The van der Waals surface area contributed by atoms with Crippen LogP contribution < -0.4 is 10.2 Å². The Morgan fingerprint density at radius 1 is 1.12 bits per heavy atom. The molecule has 1 saturated heterocycles. The van der Waals surface area contributed by atoms with Gasteiger partial charge in [0.05, 0.1) is 5.56 Å². The summed E-state index contributed by atoms with van der Waals surface area (Å²) in [6, 6.07) is 9.29. The monoisotopic (exact) mass is 383 g/mol. The largest absolute Gasteiger partial charge is 0.417 e. The van der Waals surface area contributed by atoms with E-state index in [0.717, 1.165) is 12.3 Å². The smallest absolute Gasteiger partial charge is 0.357 e. The number of rotatable bonds is 3. The lowest BCUT2D eigenvalue weighted by Crippen LogP contribution is -2.38. The number of nitrogens with zero attached hydrogens (tertiary/aromatic N) is 2. The van der Waals surface area contributed by atoms with Crippen molar-refractivity contribution in [2.24, 2.45) is 5.92 Å². The second kappa shape index (κ2) is 7.53. The van der Waals surface area contributed by atoms with Crippen LogP contribution in [-0.4, -0.2) is 24.0 Å². The van der Waals surface area contributed by atoms with Crippen LogP contribution in [0.4, 0.5) is 24.7 Å². The van der Waals surface area contributed by atoms with Gasteiger partial charge < -0.3 is 10.2 Å². The summed E-state index contributed by atoms with van der Waals surface area (Å²) in [6.45, 7) is 1.13. The van der Waals surface area contributed by atoms with E-state index >= 15 is 0 Å². The van der Waals surface area contributed by atoms with Crippen LogP contribution in [0.25, 0.3) is 0 Å². The minimum absolute atomic E-state index is 0.0626. The van der Waals surface area contributed by atoms with Crippen LogP contribution in [0.5, 0.6) is 0 Å². The van der Waals surface area contributed by atoms with Crippen molar-refractivity contribution in [1.29, 1.82) is 0 Å². The number of nitrogens with one attached hydrogen (secondary N) is 1. The molecule has 8 heteroatoms. The Balaban J connectivity index is 1.55. The lowest BCUT2D eigenvalue weighted by molar-refractivity contribution is -0.137. The van der Waals surface area contributed by atoms with Gasteiger partial charge in [-0.15, -0.1) is 0 Å². The molecule has 1 N–H and O–H groups in total. The average molecular weight is 384 g/mol.